The minimum absolute atomic E-state index is 0.169. The maximum atomic E-state index is 11.3. The van der Waals surface area contributed by atoms with Crippen molar-refractivity contribution in [1.82, 2.24) is 16.0 Å². The largest absolute Gasteiger partial charge is 0.480 e. The number of urea groups is 1. The van der Waals surface area contributed by atoms with Crippen molar-refractivity contribution in [2.45, 2.75) is 32.7 Å². The first kappa shape index (κ1) is 15.2. The van der Waals surface area contributed by atoms with Crippen molar-refractivity contribution < 1.29 is 19.5 Å². The van der Waals surface area contributed by atoms with Gasteiger partial charge in [0.1, 0.15) is 6.04 Å². The van der Waals surface area contributed by atoms with Crippen LogP contribution in [0.2, 0.25) is 0 Å². The first-order valence-corrected chi connectivity index (χ1v) is 5.55. The minimum Gasteiger partial charge on any atom is -0.480 e. The van der Waals surface area contributed by atoms with E-state index in [0.29, 0.717) is 19.4 Å². The second kappa shape index (κ2) is 8.37. The molecule has 0 saturated heterocycles. The van der Waals surface area contributed by atoms with Crippen molar-refractivity contribution in [3.05, 3.63) is 0 Å². The zero-order chi connectivity index (χ0) is 13.3. The molecule has 3 amide bonds. The number of carbonyl (C=O) groups excluding carboxylic acids is 2. The van der Waals surface area contributed by atoms with Crippen molar-refractivity contribution in [2.75, 3.05) is 13.1 Å². The van der Waals surface area contributed by atoms with Gasteiger partial charge < -0.3 is 21.1 Å². The molecule has 0 radical (unpaired) electrons. The molecule has 0 aromatic carbocycles. The Balaban J connectivity index is 3.98. The van der Waals surface area contributed by atoms with E-state index in [1.54, 1.807) is 6.92 Å². The van der Waals surface area contributed by atoms with E-state index in [1.165, 1.54) is 0 Å². The number of carbonyl (C=O) groups is 3. The third-order valence-corrected chi connectivity index (χ3v) is 1.96. The highest BCUT2D eigenvalue weighted by molar-refractivity contribution is 5.86. The Labute approximate surface area is 100.0 Å². The number of likely N-dealkylation sites (N-methyl/N-ethyl adjacent to an activating group) is 1. The van der Waals surface area contributed by atoms with Crippen molar-refractivity contribution in [3.63, 3.8) is 0 Å². The van der Waals surface area contributed by atoms with Crippen LogP contribution < -0.4 is 16.0 Å². The van der Waals surface area contributed by atoms with Crippen LogP contribution in [-0.2, 0) is 9.59 Å². The summed E-state index contributed by atoms with van der Waals surface area (Å²) in [5.41, 5.74) is 0. The standard InChI is InChI=1S/C10H19N3O4/c1-3-5-7(9(15)16)13-10(17)12-6-8(14)11-4-2/h7H,3-6H2,1-2H3,(H,11,14)(H,15,16)(H2,12,13,17)/t7-/m1/s1. The van der Waals surface area contributed by atoms with Gasteiger partial charge in [0.2, 0.25) is 5.91 Å². The smallest absolute Gasteiger partial charge is 0.326 e. The van der Waals surface area contributed by atoms with Gasteiger partial charge in [0.15, 0.2) is 0 Å². The van der Waals surface area contributed by atoms with Crippen molar-refractivity contribution in [2.24, 2.45) is 0 Å². The molecular weight excluding hydrogens is 226 g/mol. The summed E-state index contributed by atoms with van der Waals surface area (Å²) in [4.78, 5) is 33.0. The summed E-state index contributed by atoms with van der Waals surface area (Å²) in [6, 6.07) is -1.58. The summed E-state index contributed by atoms with van der Waals surface area (Å²) in [6.45, 7) is 3.90. The third kappa shape index (κ3) is 7.15. The normalized spacial score (nSPS) is 11.4. The second-order valence-electron chi connectivity index (χ2n) is 3.46. The number of amides is 3. The Morgan fingerprint density at radius 2 is 1.82 bits per heavy atom. The number of carboxylic acid groups (broad SMARTS) is 1. The third-order valence-electron chi connectivity index (χ3n) is 1.96. The van der Waals surface area contributed by atoms with Crippen LogP contribution in [-0.4, -0.2) is 42.1 Å². The second-order valence-corrected chi connectivity index (χ2v) is 3.46. The highest BCUT2D eigenvalue weighted by atomic mass is 16.4. The Bertz CT molecular complexity index is 281. The number of hydrogen-bond acceptors (Lipinski definition) is 3. The summed E-state index contributed by atoms with van der Waals surface area (Å²) in [5, 5.41) is 15.9. The predicted molar refractivity (Wildman–Crippen MR) is 61.5 cm³/mol. The Kier molecular flexibility index (Phi) is 7.49. The van der Waals surface area contributed by atoms with Gasteiger partial charge in [-0.1, -0.05) is 13.3 Å². The lowest BCUT2D eigenvalue weighted by molar-refractivity contribution is -0.139. The molecule has 0 aliphatic rings. The van der Waals surface area contributed by atoms with E-state index in [1.807, 2.05) is 6.92 Å². The van der Waals surface area contributed by atoms with E-state index < -0.39 is 18.0 Å². The van der Waals surface area contributed by atoms with Crippen molar-refractivity contribution in [3.8, 4) is 0 Å². The number of rotatable bonds is 7. The van der Waals surface area contributed by atoms with Gasteiger partial charge in [-0.25, -0.2) is 9.59 Å². The lowest BCUT2D eigenvalue weighted by atomic mass is 10.2. The molecule has 0 bridgehead atoms. The van der Waals surface area contributed by atoms with Crippen LogP contribution >= 0.6 is 0 Å². The van der Waals surface area contributed by atoms with Gasteiger partial charge in [0.25, 0.3) is 0 Å². The van der Waals surface area contributed by atoms with E-state index in [-0.39, 0.29) is 12.5 Å². The van der Waals surface area contributed by atoms with E-state index in [0.717, 1.165) is 0 Å². The molecule has 0 fully saturated rings. The van der Waals surface area contributed by atoms with Crippen molar-refractivity contribution in [1.29, 1.82) is 0 Å². The molecule has 0 heterocycles. The van der Waals surface area contributed by atoms with E-state index >= 15 is 0 Å². The van der Waals surface area contributed by atoms with Gasteiger partial charge in [-0.05, 0) is 13.3 Å². The molecule has 0 aromatic heterocycles. The highest BCUT2D eigenvalue weighted by Gasteiger charge is 2.18. The highest BCUT2D eigenvalue weighted by Crippen LogP contribution is 1.96. The summed E-state index contributed by atoms with van der Waals surface area (Å²) in [5.74, 6) is -1.40. The molecule has 0 aliphatic carbocycles. The van der Waals surface area contributed by atoms with Crippen LogP contribution in [0.4, 0.5) is 4.79 Å². The van der Waals surface area contributed by atoms with Gasteiger partial charge in [0, 0.05) is 6.54 Å². The SMILES string of the molecule is CCC[C@@H](NC(=O)NCC(=O)NCC)C(=O)O. The van der Waals surface area contributed by atoms with Crippen LogP contribution in [0.3, 0.4) is 0 Å². The van der Waals surface area contributed by atoms with Crippen LogP contribution in [0.15, 0.2) is 0 Å². The zero-order valence-electron chi connectivity index (χ0n) is 10.1. The van der Waals surface area contributed by atoms with Gasteiger partial charge >= 0.3 is 12.0 Å². The molecule has 0 saturated carbocycles. The van der Waals surface area contributed by atoms with Gasteiger partial charge in [-0.3, -0.25) is 4.79 Å². The van der Waals surface area contributed by atoms with Crippen LogP contribution in [0.25, 0.3) is 0 Å². The zero-order valence-corrected chi connectivity index (χ0v) is 10.1. The van der Waals surface area contributed by atoms with E-state index in [4.69, 9.17) is 5.11 Å². The molecule has 17 heavy (non-hydrogen) atoms. The lowest BCUT2D eigenvalue weighted by Gasteiger charge is -2.14. The molecule has 0 rings (SSSR count). The Morgan fingerprint density at radius 3 is 2.29 bits per heavy atom. The molecule has 0 unspecified atom stereocenters. The quantitative estimate of drug-likeness (QED) is 0.492. The number of carboxylic acids is 1. The predicted octanol–water partition coefficient (Wildman–Crippen LogP) is -0.325. The first-order valence-electron chi connectivity index (χ1n) is 5.55. The molecule has 7 nitrogen and oxygen atoms in total. The van der Waals surface area contributed by atoms with Crippen LogP contribution in [0.1, 0.15) is 26.7 Å². The Hall–Kier alpha value is -1.79. The molecule has 1 atom stereocenters. The summed E-state index contributed by atoms with van der Waals surface area (Å²) in [6.07, 6.45) is 0.997. The molecule has 98 valence electrons. The monoisotopic (exact) mass is 245 g/mol. The maximum absolute atomic E-state index is 11.3. The maximum Gasteiger partial charge on any atom is 0.326 e. The summed E-state index contributed by atoms with van der Waals surface area (Å²) in [7, 11) is 0. The number of nitrogens with one attached hydrogen (secondary N) is 3. The average molecular weight is 245 g/mol. The number of aliphatic carboxylic acids is 1. The van der Waals surface area contributed by atoms with Gasteiger partial charge in [-0.2, -0.15) is 0 Å². The molecule has 0 spiro atoms. The fourth-order valence-electron chi connectivity index (χ4n) is 1.18. The van der Waals surface area contributed by atoms with Gasteiger partial charge in [-0.15, -0.1) is 0 Å². The van der Waals surface area contributed by atoms with Gasteiger partial charge in [0.05, 0.1) is 6.54 Å². The lowest BCUT2D eigenvalue weighted by Crippen LogP contribution is -2.48. The Morgan fingerprint density at radius 1 is 1.18 bits per heavy atom. The summed E-state index contributed by atoms with van der Waals surface area (Å²) < 4.78 is 0. The number of hydrogen-bond donors (Lipinski definition) is 4. The van der Waals surface area contributed by atoms with Crippen molar-refractivity contribution >= 4 is 17.9 Å². The van der Waals surface area contributed by atoms with E-state index in [2.05, 4.69) is 16.0 Å². The fraction of sp³-hybridized carbons (Fsp3) is 0.700. The molecule has 0 aliphatic heterocycles. The molecule has 0 aromatic rings. The van der Waals surface area contributed by atoms with E-state index in [9.17, 15) is 14.4 Å². The fourth-order valence-corrected chi connectivity index (χ4v) is 1.18. The molecular formula is C10H19N3O4. The topological polar surface area (TPSA) is 108 Å². The summed E-state index contributed by atoms with van der Waals surface area (Å²) >= 11 is 0. The average Bonchev–Trinajstić information content (AvgIpc) is 2.26. The molecule has 7 heteroatoms. The van der Waals surface area contributed by atoms with Crippen LogP contribution in [0, 0.1) is 0 Å². The first-order chi connectivity index (χ1) is 8.01. The minimum atomic E-state index is -1.08. The van der Waals surface area contributed by atoms with Crippen LogP contribution in [0.5, 0.6) is 0 Å². The molecule has 4 N–H and O–H groups in total.